The molecule has 0 aliphatic heterocycles. The van der Waals surface area contributed by atoms with Gasteiger partial charge in [0.15, 0.2) is 0 Å². The van der Waals surface area contributed by atoms with Gasteiger partial charge < -0.3 is 10.2 Å². The Bertz CT molecular complexity index is 364. The molecule has 1 N–H and O–H groups in total. The largest absolute Gasteiger partial charge is 0.305 e. The summed E-state index contributed by atoms with van der Waals surface area (Å²) in [6, 6.07) is 4.90. The summed E-state index contributed by atoms with van der Waals surface area (Å²) in [5.41, 5.74) is 2.65. The highest BCUT2D eigenvalue weighted by Gasteiger charge is 2.45. The highest BCUT2D eigenvalue weighted by atomic mass is 15.1. The van der Waals surface area contributed by atoms with Crippen molar-refractivity contribution in [2.45, 2.75) is 44.8 Å². The first-order valence-electron chi connectivity index (χ1n) is 6.40. The lowest BCUT2D eigenvalue weighted by atomic mass is 10.1. The quantitative estimate of drug-likeness (QED) is 0.844. The Morgan fingerprint density at radius 2 is 2.06 bits per heavy atom. The molecule has 1 saturated carbocycles. The van der Waals surface area contributed by atoms with Crippen molar-refractivity contribution in [2.24, 2.45) is 0 Å². The first-order valence-corrected chi connectivity index (χ1v) is 6.40. The summed E-state index contributed by atoms with van der Waals surface area (Å²) in [4.78, 5) is 6.79. The summed E-state index contributed by atoms with van der Waals surface area (Å²) >= 11 is 0. The predicted octanol–water partition coefficient (Wildman–Crippen LogP) is 2.13. The lowest BCUT2D eigenvalue weighted by Gasteiger charge is -2.20. The molecular formula is C14H23N3. The zero-order valence-electron chi connectivity index (χ0n) is 11.3. The van der Waals surface area contributed by atoms with Crippen LogP contribution in [0.2, 0.25) is 0 Å². The summed E-state index contributed by atoms with van der Waals surface area (Å²) in [6.45, 7) is 5.35. The number of hydrogen-bond donors (Lipinski definition) is 1. The van der Waals surface area contributed by atoms with E-state index >= 15 is 0 Å². The Morgan fingerprint density at radius 3 is 2.47 bits per heavy atom. The van der Waals surface area contributed by atoms with Crippen molar-refractivity contribution in [2.75, 3.05) is 14.1 Å². The number of aromatic nitrogens is 1. The minimum atomic E-state index is 0.171. The average Bonchev–Trinajstić information content (AvgIpc) is 2.98. The van der Waals surface area contributed by atoms with Gasteiger partial charge in [0, 0.05) is 18.8 Å². The van der Waals surface area contributed by atoms with Crippen molar-refractivity contribution in [1.29, 1.82) is 0 Å². The minimum Gasteiger partial charge on any atom is -0.305 e. The van der Waals surface area contributed by atoms with E-state index in [9.17, 15) is 0 Å². The third-order valence-electron chi connectivity index (χ3n) is 3.13. The average molecular weight is 233 g/mol. The Labute approximate surface area is 104 Å². The highest BCUT2D eigenvalue weighted by Crippen LogP contribution is 2.44. The fourth-order valence-electron chi connectivity index (χ4n) is 2.32. The minimum absolute atomic E-state index is 0.171. The molecule has 0 aromatic carbocycles. The zero-order valence-corrected chi connectivity index (χ0v) is 11.3. The number of hydrogen-bond acceptors (Lipinski definition) is 3. The predicted molar refractivity (Wildman–Crippen MR) is 70.8 cm³/mol. The molecule has 1 aliphatic carbocycles. The third-order valence-corrected chi connectivity index (χ3v) is 3.13. The van der Waals surface area contributed by atoms with Crippen molar-refractivity contribution in [1.82, 2.24) is 15.2 Å². The lowest BCUT2D eigenvalue weighted by Crippen LogP contribution is -2.35. The molecule has 0 atom stereocenters. The molecule has 3 heteroatoms. The van der Waals surface area contributed by atoms with E-state index in [4.69, 9.17) is 0 Å². The SMILES string of the molecule is CC(C)NC1(c2ccc(CN(C)C)cn2)CC1. The number of pyridine rings is 1. The Kier molecular flexibility index (Phi) is 3.50. The highest BCUT2D eigenvalue weighted by molar-refractivity contribution is 5.26. The third kappa shape index (κ3) is 3.05. The zero-order chi connectivity index (χ0) is 12.5. The molecule has 0 amide bonds. The molecule has 0 radical (unpaired) electrons. The molecule has 0 saturated heterocycles. The maximum absolute atomic E-state index is 4.63. The molecule has 0 spiro atoms. The summed E-state index contributed by atoms with van der Waals surface area (Å²) in [7, 11) is 4.16. The van der Waals surface area contributed by atoms with Crippen LogP contribution in [-0.4, -0.2) is 30.0 Å². The van der Waals surface area contributed by atoms with Crippen molar-refractivity contribution >= 4 is 0 Å². The van der Waals surface area contributed by atoms with Crippen LogP contribution in [0.4, 0.5) is 0 Å². The summed E-state index contributed by atoms with van der Waals surface area (Å²) in [5.74, 6) is 0. The van der Waals surface area contributed by atoms with Gasteiger partial charge in [0.25, 0.3) is 0 Å². The van der Waals surface area contributed by atoms with Crippen LogP contribution in [0.5, 0.6) is 0 Å². The van der Waals surface area contributed by atoms with E-state index in [1.807, 2.05) is 6.20 Å². The van der Waals surface area contributed by atoms with Crippen LogP contribution in [0.3, 0.4) is 0 Å². The second-order valence-electron chi connectivity index (χ2n) is 5.67. The first-order chi connectivity index (χ1) is 8.02. The molecular weight excluding hydrogens is 210 g/mol. The van der Waals surface area contributed by atoms with Gasteiger partial charge in [-0.15, -0.1) is 0 Å². The molecule has 0 bridgehead atoms. The normalized spacial score (nSPS) is 17.8. The van der Waals surface area contributed by atoms with Crippen LogP contribution in [0.25, 0.3) is 0 Å². The summed E-state index contributed by atoms with van der Waals surface area (Å²) in [6.07, 6.45) is 4.44. The molecule has 17 heavy (non-hydrogen) atoms. The summed E-state index contributed by atoms with van der Waals surface area (Å²) in [5, 5.41) is 3.63. The smallest absolute Gasteiger partial charge is 0.0612 e. The van der Waals surface area contributed by atoms with Gasteiger partial charge >= 0.3 is 0 Å². The monoisotopic (exact) mass is 233 g/mol. The first kappa shape index (κ1) is 12.5. The van der Waals surface area contributed by atoms with Gasteiger partial charge in [0.05, 0.1) is 11.2 Å². The van der Waals surface area contributed by atoms with Gasteiger partial charge in [0.1, 0.15) is 0 Å². The van der Waals surface area contributed by atoms with Gasteiger partial charge in [-0.1, -0.05) is 6.07 Å². The molecule has 1 aliphatic rings. The molecule has 2 rings (SSSR count). The van der Waals surface area contributed by atoms with Crippen molar-refractivity contribution in [3.8, 4) is 0 Å². The van der Waals surface area contributed by atoms with E-state index in [2.05, 4.69) is 55.3 Å². The number of nitrogens with one attached hydrogen (secondary N) is 1. The van der Waals surface area contributed by atoms with Crippen LogP contribution in [0.15, 0.2) is 18.3 Å². The van der Waals surface area contributed by atoms with E-state index in [1.165, 1.54) is 24.1 Å². The molecule has 3 nitrogen and oxygen atoms in total. The van der Waals surface area contributed by atoms with E-state index < -0.39 is 0 Å². The van der Waals surface area contributed by atoms with Crippen LogP contribution in [0, 0.1) is 0 Å². The van der Waals surface area contributed by atoms with Crippen LogP contribution >= 0.6 is 0 Å². The lowest BCUT2D eigenvalue weighted by molar-refractivity contribution is 0.401. The van der Waals surface area contributed by atoms with Crippen LogP contribution in [-0.2, 0) is 12.1 Å². The van der Waals surface area contributed by atoms with E-state index in [1.54, 1.807) is 0 Å². The Hall–Kier alpha value is -0.930. The molecule has 0 unspecified atom stereocenters. The van der Waals surface area contributed by atoms with Crippen molar-refractivity contribution in [3.63, 3.8) is 0 Å². The van der Waals surface area contributed by atoms with Crippen molar-refractivity contribution in [3.05, 3.63) is 29.6 Å². The molecule has 1 aromatic rings. The van der Waals surface area contributed by atoms with Gasteiger partial charge in [-0.2, -0.15) is 0 Å². The van der Waals surface area contributed by atoms with E-state index in [0.29, 0.717) is 6.04 Å². The molecule has 1 aromatic heterocycles. The second-order valence-corrected chi connectivity index (χ2v) is 5.67. The van der Waals surface area contributed by atoms with Crippen LogP contribution < -0.4 is 5.32 Å². The van der Waals surface area contributed by atoms with Gasteiger partial charge in [-0.05, 0) is 52.4 Å². The fourth-order valence-corrected chi connectivity index (χ4v) is 2.32. The maximum Gasteiger partial charge on any atom is 0.0612 e. The number of rotatable bonds is 5. The van der Waals surface area contributed by atoms with E-state index in [-0.39, 0.29) is 5.54 Å². The van der Waals surface area contributed by atoms with Crippen LogP contribution in [0.1, 0.15) is 37.9 Å². The second kappa shape index (κ2) is 4.75. The van der Waals surface area contributed by atoms with Crippen molar-refractivity contribution < 1.29 is 0 Å². The summed E-state index contributed by atoms with van der Waals surface area (Å²) < 4.78 is 0. The van der Waals surface area contributed by atoms with Gasteiger partial charge in [-0.25, -0.2) is 0 Å². The number of nitrogens with zero attached hydrogens (tertiary/aromatic N) is 2. The standard InChI is InChI=1S/C14H23N3/c1-11(2)16-14(7-8-14)13-6-5-12(9-15-13)10-17(3)4/h5-6,9,11,16H,7-8,10H2,1-4H3. The van der Waals surface area contributed by atoms with E-state index in [0.717, 1.165) is 6.54 Å². The Morgan fingerprint density at radius 1 is 1.35 bits per heavy atom. The maximum atomic E-state index is 4.63. The fraction of sp³-hybridized carbons (Fsp3) is 0.643. The molecule has 1 fully saturated rings. The van der Waals surface area contributed by atoms with Gasteiger partial charge in [0.2, 0.25) is 0 Å². The topological polar surface area (TPSA) is 28.2 Å². The Balaban J connectivity index is 2.07. The van der Waals surface area contributed by atoms with Gasteiger partial charge in [-0.3, -0.25) is 4.98 Å². The molecule has 1 heterocycles. The molecule has 94 valence electrons.